The van der Waals surface area contributed by atoms with Gasteiger partial charge in [-0.15, -0.1) is 11.6 Å². The van der Waals surface area contributed by atoms with Crippen molar-refractivity contribution < 1.29 is 0 Å². The maximum Gasteiger partial charge on any atom is 0.261 e. The zero-order valence-electron chi connectivity index (χ0n) is 9.27. The quantitative estimate of drug-likeness (QED) is 0.749. The van der Waals surface area contributed by atoms with Crippen molar-refractivity contribution >= 4 is 17.2 Å². The Kier molecular flexibility index (Phi) is 2.97. The highest BCUT2D eigenvalue weighted by atomic mass is 35.5. The van der Waals surface area contributed by atoms with Gasteiger partial charge in [0, 0.05) is 22.8 Å². The van der Waals surface area contributed by atoms with Crippen molar-refractivity contribution in [1.29, 1.82) is 0 Å². The van der Waals surface area contributed by atoms with Crippen LogP contribution in [0.3, 0.4) is 0 Å². The molecule has 0 radical (unpaired) electrons. The molecule has 2 aromatic rings. The van der Waals surface area contributed by atoms with Crippen molar-refractivity contribution in [2.75, 3.05) is 0 Å². The lowest BCUT2D eigenvalue weighted by atomic mass is 10.2. The molecule has 2 rings (SSSR count). The van der Waals surface area contributed by atoms with Crippen LogP contribution in [-0.4, -0.2) is 14.8 Å². The van der Waals surface area contributed by atoms with E-state index in [1.807, 2.05) is 32.0 Å². The minimum absolute atomic E-state index is 0.0180. The maximum absolute atomic E-state index is 12.1. The van der Waals surface area contributed by atoms with Gasteiger partial charge < -0.3 is 0 Å². The number of halogens is 1. The molecule has 16 heavy (non-hydrogen) atoms. The van der Waals surface area contributed by atoms with E-state index in [9.17, 15) is 4.79 Å². The van der Waals surface area contributed by atoms with Crippen LogP contribution < -0.4 is 5.56 Å². The Balaban J connectivity index is 2.69. The molecule has 0 N–H and O–H groups in total. The normalized spacial score (nSPS) is 12.9. The van der Waals surface area contributed by atoms with Gasteiger partial charge >= 0.3 is 0 Å². The number of rotatable bonds is 2. The zero-order valence-corrected chi connectivity index (χ0v) is 10.0. The van der Waals surface area contributed by atoms with E-state index in [2.05, 4.69) is 4.98 Å². The van der Waals surface area contributed by atoms with Crippen molar-refractivity contribution in [1.82, 2.24) is 9.38 Å². The van der Waals surface area contributed by atoms with Crippen LogP contribution in [0.1, 0.15) is 18.2 Å². The van der Waals surface area contributed by atoms with E-state index in [-0.39, 0.29) is 10.9 Å². The molecule has 0 bridgehead atoms. The molecule has 0 amide bonds. The number of fused-ring (bicyclic) bond motifs is 1. The van der Waals surface area contributed by atoms with Crippen molar-refractivity contribution in [3.05, 3.63) is 46.0 Å². The topological polar surface area (TPSA) is 34.4 Å². The summed E-state index contributed by atoms with van der Waals surface area (Å²) < 4.78 is 1.62. The van der Waals surface area contributed by atoms with E-state index < -0.39 is 0 Å². The Morgan fingerprint density at radius 3 is 2.94 bits per heavy atom. The molecule has 0 saturated heterocycles. The molecule has 0 aliphatic carbocycles. The first-order chi connectivity index (χ1) is 7.59. The van der Waals surface area contributed by atoms with Gasteiger partial charge in [-0.2, -0.15) is 0 Å². The first-order valence-corrected chi connectivity index (χ1v) is 5.63. The molecule has 0 unspecified atom stereocenters. The van der Waals surface area contributed by atoms with E-state index in [1.165, 1.54) is 0 Å². The van der Waals surface area contributed by atoms with Crippen molar-refractivity contribution in [3.8, 4) is 0 Å². The molecule has 0 saturated carbocycles. The van der Waals surface area contributed by atoms with Gasteiger partial charge in [0.05, 0.1) is 0 Å². The molecule has 0 aliphatic rings. The lowest BCUT2D eigenvalue weighted by Gasteiger charge is -2.07. The summed E-state index contributed by atoms with van der Waals surface area (Å²) >= 11 is 5.90. The molecule has 2 aromatic heterocycles. The molecular formula is C12H13ClN2O. The fourth-order valence-electron chi connectivity index (χ4n) is 1.75. The molecular weight excluding hydrogens is 224 g/mol. The van der Waals surface area contributed by atoms with Crippen molar-refractivity contribution in [2.45, 2.75) is 25.6 Å². The molecule has 0 aromatic carbocycles. The highest BCUT2D eigenvalue weighted by Crippen LogP contribution is 2.06. The second-order valence-electron chi connectivity index (χ2n) is 3.93. The largest absolute Gasteiger partial charge is 0.269 e. The van der Waals surface area contributed by atoms with Crippen LogP contribution in [0.15, 0.2) is 29.2 Å². The second kappa shape index (κ2) is 4.26. The second-order valence-corrected chi connectivity index (χ2v) is 4.68. The molecule has 0 fully saturated rings. The van der Waals surface area contributed by atoms with Gasteiger partial charge in [-0.25, -0.2) is 4.98 Å². The summed E-state index contributed by atoms with van der Waals surface area (Å²) in [5.41, 5.74) is 2.21. The summed E-state index contributed by atoms with van der Waals surface area (Å²) in [6.07, 6.45) is 2.17. The van der Waals surface area contributed by atoms with Gasteiger partial charge in [-0.1, -0.05) is 6.07 Å². The van der Waals surface area contributed by atoms with Gasteiger partial charge in [0.25, 0.3) is 5.56 Å². The predicted molar refractivity (Wildman–Crippen MR) is 65.2 cm³/mol. The van der Waals surface area contributed by atoms with Gasteiger partial charge in [0.2, 0.25) is 0 Å². The highest BCUT2D eigenvalue weighted by molar-refractivity contribution is 6.20. The lowest BCUT2D eigenvalue weighted by Crippen LogP contribution is -2.22. The SMILES string of the molecule is Cc1cccc2ncc(C[C@H](C)Cl)c(=O)n12. The van der Waals surface area contributed by atoms with Crippen LogP contribution in [0.25, 0.3) is 5.65 Å². The minimum Gasteiger partial charge on any atom is -0.269 e. The van der Waals surface area contributed by atoms with E-state index in [0.717, 1.165) is 5.69 Å². The summed E-state index contributed by atoms with van der Waals surface area (Å²) in [6, 6.07) is 5.60. The molecule has 0 aliphatic heterocycles. The third-order valence-corrected chi connectivity index (χ3v) is 2.65. The summed E-state index contributed by atoms with van der Waals surface area (Å²) in [5.74, 6) is 0. The molecule has 84 valence electrons. The van der Waals surface area contributed by atoms with Crippen molar-refractivity contribution in [2.24, 2.45) is 0 Å². The molecule has 0 spiro atoms. The third kappa shape index (κ3) is 1.95. The van der Waals surface area contributed by atoms with Crippen molar-refractivity contribution in [3.63, 3.8) is 0 Å². The lowest BCUT2D eigenvalue weighted by molar-refractivity contribution is 0.871. The van der Waals surface area contributed by atoms with Gasteiger partial charge in [0.1, 0.15) is 5.65 Å². The van der Waals surface area contributed by atoms with Gasteiger partial charge in [-0.3, -0.25) is 9.20 Å². The average molecular weight is 237 g/mol. The third-order valence-electron chi connectivity index (χ3n) is 2.50. The summed E-state index contributed by atoms with van der Waals surface area (Å²) in [4.78, 5) is 16.4. The molecule has 1 atom stereocenters. The van der Waals surface area contributed by atoms with E-state index in [0.29, 0.717) is 17.6 Å². The van der Waals surface area contributed by atoms with Crippen LogP contribution in [0.4, 0.5) is 0 Å². The summed E-state index contributed by atoms with van der Waals surface area (Å²) in [5, 5.41) is -0.0587. The highest BCUT2D eigenvalue weighted by Gasteiger charge is 2.08. The predicted octanol–water partition coefficient (Wildman–Crippen LogP) is 2.17. The number of alkyl halides is 1. The van der Waals surface area contributed by atoms with Crippen LogP contribution in [0, 0.1) is 6.92 Å². The summed E-state index contributed by atoms with van der Waals surface area (Å²) in [7, 11) is 0. The minimum atomic E-state index is -0.0587. The van der Waals surface area contributed by atoms with Crippen LogP contribution in [-0.2, 0) is 6.42 Å². The first-order valence-electron chi connectivity index (χ1n) is 5.20. The van der Waals surface area contributed by atoms with Gasteiger partial charge in [-0.05, 0) is 32.4 Å². The fraction of sp³-hybridized carbons (Fsp3) is 0.333. The van der Waals surface area contributed by atoms with Crippen LogP contribution in [0.5, 0.6) is 0 Å². The van der Waals surface area contributed by atoms with E-state index >= 15 is 0 Å². The Labute approximate surface area is 98.7 Å². The molecule has 4 heteroatoms. The van der Waals surface area contributed by atoms with Crippen LogP contribution in [0.2, 0.25) is 0 Å². The summed E-state index contributed by atoms with van der Waals surface area (Å²) in [6.45, 7) is 3.76. The molecule has 3 nitrogen and oxygen atoms in total. The Morgan fingerprint density at radius 2 is 2.25 bits per heavy atom. The average Bonchev–Trinajstić information content (AvgIpc) is 2.22. The monoisotopic (exact) mass is 236 g/mol. The molecule has 2 heterocycles. The number of pyridine rings is 1. The Hall–Kier alpha value is -1.35. The number of aryl methyl sites for hydroxylation is 1. The van der Waals surface area contributed by atoms with Gasteiger partial charge in [0.15, 0.2) is 0 Å². The Bertz CT molecular complexity index is 575. The smallest absolute Gasteiger partial charge is 0.261 e. The zero-order chi connectivity index (χ0) is 11.7. The number of hydrogen-bond acceptors (Lipinski definition) is 2. The first kappa shape index (κ1) is 11.1. The fourth-order valence-corrected chi connectivity index (χ4v) is 1.92. The van der Waals surface area contributed by atoms with Crippen LogP contribution >= 0.6 is 11.6 Å². The van der Waals surface area contributed by atoms with E-state index in [1.54, 1.807) is 10.6 Å². The number of nitrogens with zero attached hydrogens (tertiary/aromatic N) is 2. The standard InChI is InChI=1S/C12H13ClN2O/c1-8(13)6-10-7-14-11-5-3-4-9(2)15(11)12(10)16/h3-5,7-8H,6H2,1-2H3/t8-/m0/s1. The van der Waals surface area contributed by atoms with E-state index in [4.69, 9.17) is 11.6 Å². The maximum atomic E-state index is 12.1. The Morgan fingerprint density at radius 1 is 1.50 bits per heavy atom. The number of hydrogen-bond donors (Lipinski definition) is 0. The number of aromatic nitrogens is 2.